The van der Waals surface area contributed by atoms with Gasteiger partial charge in [-0.05, 0) is 32.1 Å². The van der Waals surface area contributed by atoms with Crippen LogP contribution in [0.3, 0.4) is 0 Å². The Morgan fingerprint density at radius 3 is 2.92 bits per heavy atom. The highest BCUT2D eigenvalue weighted by atomic mass is 32.1. The lowest BCUT2D eigenvalue weighted by molar-refractivity contribution is 0.602. The molecular weight excluding hydrogens is 180 g/mol. The number of aromatic nitrogens is 1. The van der Waals surface area contributed by atoms with Crippen LogP contribution in [0.1, 0.15) is 31.9 Å². The zero-order valence-electron chi connectivity index (χ0n) is 8.21. The van der Waals surface area contributed by atoms with Gasteiger partial charge in [0, 0.05) is 11.4 Å². The van der Waals surface area contributed by atoms with Crippen molar-refractivity contribution in [3.05, 3.63) is 11.1 Å². The van der Waals surface area contributed by atoms with Gasteiger partial charge in [0.25, 0.3) is 0 Å². The van der Waals surface area contributed by atoms with Crippen molar-refractivity contribution in [2.45, 2.75) is 39.2 Å². The van der Waals surface area contributed by atoms with E-state index >= 15 is 0 Å². The number of rotatable bonds is 2. The Labute approximate surface area is 83.4 Å². The highest BCUT2D eigenvalue weighted by Gasteiger charge is 2.21. The molecule has 0 spiro atoms. The molecule has 1 aliphatic rings. The lowest BCUT2D eigenvalue weighted by Gasteiger charge is -2.10. The molecule has 72 valence electrons. The van der Waals surface area contributed by atoms with Gasteiger partial charge in [0.15, 0.2) is 5.13 Å². The lowest BCUT2D eigenvalue weighted by atomic mass is 10.1. The first kappa shape index (κ1) is 9.00. The van der Waals surface area contributed by atoms with E-state index in [1.165, 1.54) is 19.3 Å². The van der Waals surface area contributed by atoms with Gasteiger partial charge in [0.1, 0.15) is 0 Å². The standard InChI is InChI=1S/C10H16N2S/c1-7-3-4-9(5-7)12-10-11-8(2)6-13-10/h6-7,9H,3-5H2,1-2H3,(H,11,12). The number of hydrogen-bond donors (Lipinski definition) is 1. The zero-order valence-corrected chi connectivity index (χ0v) is 9.03. The number of thiazole rings is 1. The molecule has 13 heavy (non-hydrogen) atoms. The molecule has 1 aromatic heterocycles. The first-order valence-corrected chi connectivity index (χ1v) is 5.80. The van der Waals surface area contributed by atoms with Gasteiger partial charge in [-0.25, -0.2) is 4.98 Å². The number of hydrogen-bond acceptors (Lipinski definition) is 3. The Kier molecular flexibility index (Phi) is 2.54. The summed E-state index contributed by atoms with van der Waals surface area (Å²) in [5, 5.41) is 6.69. The Morgan fingerprint density at radius 1 is 1.54 bits per heavy atom. The maximum absolute atomic E-state index is 4.41. The molecule has 1 aromatic rings. The van der Waals surface area contributed by atoms with Crippen molar-refractivity contribution >= 4 is 16.5 Å². The second kappa shape index (κ2) is 3.66. The van der Waals surface area contributed by atoms with Gasteiger partial charge < -0.3 is 5.32 Å². The molecule has 0 saturated heterocycles. The van der Waals surface area contributed by atoms with E-state index < -0.39 is 0 Å². The summed E-state index contributed by atoms with van der Waals surface area (Å²) in [6.45, 7) is 4.37. The topological polar surface area (TPSA) is 24.9 Å². The fourth-order valence-corrected chi connectivity index (χ4v) is 2.70. The Balaban J connectivity index is 1.91. The maximum Gasteiger partial charge on any atom is 0.183 e. The summed E-state index contributed by atoms with van der Waals surface area (Å²) in [4.78, 5) is 4.41. The number of nitrogens with one attached hydrogen (secondary N) is 1. The summed E-state index contributed by atoms with van der Waals surface area (Å²) in [5.41, 5.74) is 1.12. The summed E-state index contributed by atoms with van der Waals surface area (Å²) < 4.78 is 0. The fourth-order valence-electron chi connectivity index (χ4n) is 1.93. The van der Waals surface area contributed by atoms with Crippen LogP contribution in [0.25, 0.3) is 0 Å². The van der Waals surface area contributed by atoms with E-state index in [-0.39, 0.29) is 0 Å². The van der Waals surface area contributed by atoms with Gasteiger partial charge in [0.2, 0.25) is 0 Å². The molecule has 0 amide bonds. The Morgan fingerprint density at radius 2 is 2.38 bits per heavy atom. The van der Waals surface area contributed by atoms with Crippen molar-refractivity contribution in [3.8, 4) is 0 Å². The van der Waals surface area contributed by atoms with Gasteiger partial charge in [-0.15, -0.1) is 11.3 Å². The first-order valence-electron chi connectivity index (χ1n) is 4.92. The predicted octanol–water partition coefficient (Wildman–Crippen LogP) is 3.05. The molecule has 2 atom stereocenters. The van der Waals surface area contributed by atoms with Crippen LogP contribution in [0, 0.1) is 12.8 Å². The molecule has 0 aromatic carbocycles. The van der Waals surface area contributed by atoms with Crippen LogP contribution >= 0.6 is 11.3 Å². The van der Waals surface area contributed by atoms with Crippen molar-refractivity contribution < 1.29 is 0 Å². The van der Waals surface area contributed by atoms with Crippen LogP contribution in [0.2, 0.25) is 0 Å². The van der Waals surface area contributed by atoms with Gasteiger partial charge >= 0.3 is 0 Å². The van der Waals surface area contributed by atoms with E-state index in [9.17, 15) is 0 Å². The third kappa shape index (κ3) is 2.21. The zero-order chi connectivity index (χ0) is 9.26. The number of nitrogens with zero attached hydrogens (tertiary/aromatic N) is 1. The molecule has 2 rings (SSSR count). The molecule has 3 heteroatoms. The highest BCUT2D eigenvalue weighted by Crippen LogP contribution is 2.28. The van der Waals surface area contributed by atoms with Gasteiger partial charge in [-0.3, -0.25) is 0 Å². The smallest absolute Gasteiger partial charge is 0.183 e. The predicted molar refractivity (Wildman–Crippen MR) is 57.3 cm³/mol. The van der Waals surface area contributed by atoms with Crippen LogP contribution in [0.15, 0.2) is 5.38 Å². The normalized spacial score (nSPS) is 27.8. The Hall–Kier alpha value is -0.570. The maximum atomic E-state index is 4.41. The molecule has 2 unspecified atom stereocenters. The third-order valence-electron chi connectivity index (χ3n) is 2.64. The van der Waals surface area contributed by atoms with Crippen molar-refractivity contribution in [2.75, 3.05) is 5.32 Å². The Bertz CT molecular complexity index is 282. The van der Waals surface area contributed by atoms with E-state index in [0.29, 0.717) is 6.04 Å². The summed E-state index contributed by atoms with van der Waals surface area (Å²) in [6.07, 6.45) is 3.97. The average molecular weight is 196 g/mol. The molecule has 1 heterocycles. The minimum atomic E-state index is 0.667. The molecule has 0 aliphatic heterocycles. The van der Waals surface area contributed by atoms with Gasteiger partial charge in [-0.2, -0.15) is 0 Å². The molecule has 1 N–H and O–H groups in total. The van der Waals surface area contributed by atoms with E-state index in [1.54, 1.807) is 11.3 Å². The van der Waals surface area contributed by atoms with E-state index in [2.05, 4.69) is 22.6 Å². The SMILES string of the molecule is Cc1csc(NC2CCC(C)C2)n1. The molecule has 0 radical (unpaired) electrons. The number of aryl methyl sites for hydroxylation is 1. The van der Waals surface area contributed by atoms with E-state index in [1.807, 2.05) is 6.92 Å². The van der Waals surface area contributed by atoms with Crippen molar-refractivity contribution in [2.24, 2.45) is 5.92 Å². The largest absolute Gasteiger partial charge is 0.359 e. The van der Waals surface area contributed by atoms with Crippen molar-refractivity contribution in [3.63, 3.8) is 0 Å². The molecule has 1 fully saturated rings. The van der Waals surface area contributed by atoms with Crippen LogP contribution in [0.4, 0.5) is 5.13 Å². The molecule has 1 aliphatic carbocycles. The highest BCUT2D eigenvalue weighted by molar-refractivity contribution is 7.13. The molecule has 2 nitrogen and oxygen atoms in total. The molecule has 1 saturated carbocycles. The van der Waals surface area contributed by atoms with Crippen LogP contribution in [-0.4, -0.2) is 11.0 Å². The first-order chi connectivity index (χ1) is 6.24. The summed E-state index contributed by atoms with van der Waals surface area (Å²) >= 11 is 1.72. The quantitative estimate of drug-likeness (QED) is 0.786. The number of anilines is 1. The van der Waals surface area contributed by atoms with Gasteiger partial charge in [0.05, 0.1) is 5.69 Å². The van der Waals surface area contributed by atoms with E-state index in [4.69, 9.17) is 0 Å². The average Bonchev–Trinajstić information content (AvgIpc) is 2.62. The second-order valence-corrected chi connectivity index (χ2v) is 4.91. The fraction of sp³-hybridized carbons (Fsp3) is 0.700. The molecular formula is C10H16N2S. The monoisotopic (exact) mass is 196 g/mol. The van der Waals surface area contributed by atoms with Gasteiger partial charge in [-0.1, -0.05) is 6.92 Å². The minimum absolute atomic E-state index is 0.667. The minimum Gasteiger partial charge on any atom is -0.359 e. The molecule has 0 bridgehead atoms. The van der Waals surface area contributed by atoms with Crippen molar-refractivity contribution in [1.29, 1.82) is 0 Å². The van der Waals surface area contributed by atoms with Crippen LogP contribution in [-0.2, 0) is 0 Å². The van der Waals surface area contributed by atoms with E-state index in [0.717, 1.165) is 16.7 Å². The second-order valence-electron chi connectivity index (χ2n) is 4.05. The van der Waals surface area contributed by atoms with Crippen LogP contribution in [0.5, 0.6) is 0 Å². The summed E-state index contributed by atoms with van der Waals surface area (Å²) in [7, 11) is 0. The summed E-state index contributed by atoms with van der Waals surface area (Å²) in [5.74, 6) is 0.888. The lowest BCUT2D eigenvalue weighted by Crippen LogP contribution is -2.14. The van der Waals surface area contributed by atoms with Crippen molar-refractivity contribution in [1.82, 2.24) is 4.98 Å². The third-order valence-corrected chi connectivity index (χ3v) is 3.53. The van der Waals surface area contributed by atoms with Crippen LogP contribution < -0.4 is 5.32 Å². The summed E-state index contributed by atoms with van der Waals surface area (Å²) in [6, 6.07) is 0.667.